The van der Waals surface area contributed by atoms with Gasteiger partial charge in [0, 0.05) is 35.0 Å². The highest BCUT2D eigenvalue weighted by Gasteiger charge is 2.17. The second-order valence-electron chi connectivity index (χ2n) is 4.31. The summed E-state index contributed by atoms with van der Waals surface area (Å²) in [5.74, 6) is 0. The van der Waals surface area contributed by atoms with Crippen LogP contribution in [0, 0.1) is 10.1 Å². The molecule has 21 heavy (non-hydrogen) atoms. The van der Waals surface area contributed by atoms with Crippen LogP contribution in [0.1, 0.15) is 17.6 Å². The van der Waals surface area contributed by atoms with Gasteiger partial charge in [-0.15, -0.1) is 0 Å². The van der Waals surface area contributed by atoms with Crippen LogP contribution in [0.5, 0.6) is 0 Å². The molecule has 4 nitrogen and oxygen atoms in total. The van der Waals surface area contributed by atoms with Gasteiger partial charge in [0.15, 0.2) is 0 Å². The summed E-state index contributed by atoms with van der Waals surface area (Å²) in [7, 11) is 0. The van der Waals surface area contributed by atoms with Gasteiger partial charge >= 0.3 is 0 Å². The van der Waals surface area contributed by atoms with Crippen LogP contribution in [-0.4, -0.2) is 4.92 Å². The number of rotatable bonds is 5. The lowest BCUT2D eigenvalue weighted by Gasteiger charge is -2.11. The number of benzene rings is 2. The normalized spacial score (nSPS) is 10.7. The van der Waals surface area contributed by atoms with Crippen molar-refractivity contribution in [1.29, 1.82) is 0 Å². The van der Waals surface area contributed by atoms with Crippen molar-refractivity contribution in [2.45, 2.75) is 13.0 Å². The van der Waals surface area contributed by atoms with Crippen LogP contribution in [0.3, 0.4) is 0 Å². The summed E-state index contributed by atoms with van der Waals surface area (Å²) in [6.07, 6.45) is -2.79. The van der Waals surface area contributed by atoms with Crippen LogP contribution in [0.25, 0.3) is 0 Å². The average Bonchev–Trinajstić information content (AvgIpc) is 2.46. The van der Waals surface area contributed by atoms with E-state index in [9.17, 15) is 18.9 Å². The van der Waals surface area contributed by atoms with Crippen LogP contribution in [0.2, 0.25) is 5.02 Å². The molecule has 0 aliphatic carbocycles. The molecule has 0 heterocycles. The molecule has 7 heteroatoms. The van der Waals surface area contributed by atoms with E-state index in [1.165, 1.54) is 12.1 Å². The zero-order valence-electron chi connectivity index (χ0n) is 10.7. The van der Waals surface area contributed by atoms with E-state index in [1.807, 2.05) is 0 Å². The van der Waals surface area contributed by atoms with E-state index in [2.05, 4.69) is 5.32 Å². The van der Waals surface area contributed by atoms with E-state index in [4.69, 9.17) is 11.6 Å². The summed E-state index contributed by atoms with van der Waals surface area (Å²) >= 11 is 5.76. The van der Waals surface area contributed by atoms with Crippen molar-refractivity contribution >= 4 is 23.0 Å². The minimum absolute atomic E-state index is 0.172. The third kappa shape index (κ3) is 3.88. The van der Waals surface area contributed by atoms with Crippen LogP contribution in [-0.2, 0) is 6.54 Å². The largest absolute Gasteiger partial charge is 0.381 e. The molecule has 2 rings (SSSR count). The molecular weight excluding hydrogens is 302 g/mol. The molecule has 2 aromatic carbocycles. The molecule has 0 saturated heterocycles. The molecule has 0 spiro atoms. The molecule has 0 fully saturated rings. The molecule has 0 bridgehead atoms. The van der Waals surface area contributed by atoms with Crippen molar-refractivity contribution in [1.82, 2.24) is 0 Å². The van der Waals surface area contributed by atoms with E-state index in [-0.39, 0.29) is 11.4 Å². The quantitative estimate of drug-likeness (QED) is 0.637. The van der Waals surface area contributed by atoms with Crippen molar-refractivity contribution < 1.29 is 13.7 Å². The van der Waals surface area contributed by atoms with Crippen molar-refractivity contribution in [3.8, 4) is 0 Å². The van der Waals surface area contributed by atoms with Gasteiger partial charge in [0.25, 0.3) is 12.1 Å². The predicted molar refractivity (Wildman–Crippen MR) is 76.8 cm³/mol. The number of hydrogen-bond acceptors (Lipinski definition) is 3. The highest BCUT2D eigenvalue weighted by molar-refractivity contribution is 6.30. The van der Waals surface area contributed by atoms with Gasteiger partial charge < -0.3 is 5.32 Å². The highest BCUT2D eigenvalue weighted by atomic mass is 35.5. The van der Waals surface area contributed by atoms with Crippen molar-refractivity contribution in [3.63, 3.8) is 0 Å². The summed E-state index contributed by atoms with van der Waals surface area (Å²) in [4.78, 5) is 9.93. The maximum Gasteiger partial charge on any atom is 0.270 e. The molecule has 0 amide bonds. The van der Waals surface area contributed by atoms with Gasteiger partial charge in [-0.3, -0.25) is 10.1 Å². The maximum absolute atomic E-state index is 13.0. The summed E-state index contributed by atoms with van der Waals surface area (Å²) in [5.41, 5.74) is 0.282. The number of nitrogens with one attached hydrogen (secondary N) is 1. The molecule has 0 aliphatic heterocycles. The minimum Gasteiger partial charge on any atom is -0.381 e. The summed E-state index contributed by atoms with van der Waals surface area (Å²) in [6, 6.07) is 10.3. The fourth-order valence-electron chi connectivity index (χ4n) is 1.80. The average molecular weight is 313 g/mol. The molecule has 0 saturated carbocycles. The van der Waals surface area contributed by atoms with Gasteiger partial charge in [-0.05, 0) is 23.8 Å². The fraction of sp³-hybridized carbons (Fsp3) is 0.143. The number of nitro groups is 1. The lowest BCUT2D eigenvalue weighted by molar-refractivity contribution is -0.385. The van der Waals surface area contributed by atoms with E-state index in [0.717, 1.165) is 11.6 Å². The highest BCUT2D eigenvalue weighted by Crippen LogP contribution is 2.31. The zero-order chi connectivity index (χ0) is 15.4. The first kappa shape index (κ1) is 15.2. The standard InChI is InChI=1S/C14H11ClF2N2O2/c15-10-3-1-9(2-4-10)8-18-13-6-5-11(19(20)21)7-12(13)14(16)17/h1-7,14,18H,8H2. The Morgan fingerprint density at radius 2 is 1.86 bits per heavy atom. The number of nitro benzene ring substituents is 1. The molecule has 0 aliphatic rings. The van der Waals surface area contributed by atoms with Gasteiger partial charge in [-0.1, -0.05) is 23.7 Å². The van der Waals surface area contributed by atoms with Crippen LogP contribution in [0.15, 0.2) is 42.5 Å². The van der Waals surface area contributed by atoms with Gasteiger partial charge in [0.1, 0.15) is 0 Å². The predicted octanol–water partition coefficient (Wildman–Crippen LogP) is 4.80. The van der Waals surface area contributed by atoms with Crippen molar-refractivity contribution in [3.05, 3.63) is 68.7 Å². The van der Waals surface area contributed by atoms with Crippen molar-refractivity contribution in [2.75, 3.05) is 5.32 Å². The number of nitrogens with zero attached hydrogens (tertiary/aromatic N) is 1. The first-order chi connectivity index (χ1) is 9.97. The number of non-ortho nitro benzene ring substituents is 1. The number of hydrogen-bond donors (Lipinski definition) is 1. The molecule has 0 unspecified atom stereocenters. The van der Waals surface area contributed by atoms with Gasteiger partial charge in [0.2, 0.25) is 0 Å². The lowest BCUT2D eigenvalue weighted by Crippen LogP contribution is -2.03. The SMILES string of the molecule is O=[N+]([O-])c1ccc(NCc2ccc(Cl)cc2)c(C(F)F)c1. The monoisotopic (exact) mass is 312 g/mol. The second-order valence-corrected chi connectivity index (χ2v) is 4.75. The third-order valence-electron chi connectivity index (χ3n) is 2.88. The third-order valence-corrected chi connectivity index (χ3v) is 3.13. The molecule has 0 radical (unpaired) electrons. The van der Waals surface area contributed by atoms with Gasteiger partial charge in [0.05, 0.1) is 4.92 Å². The Morgan fingerprint density at radius 1 is 1.19 bits per heavy atom. The molecule has 1 N–H and O–H groups in total. The van der Waals surface area contributed by atoms with Crippen molar-refractivity contribution in [2.24, 2.45) is 0 Å². The summed E-state index contributed by atoms with van der Waals surface area (Å²) in [5, 5.41) is 14.1. The minimum atomic E-state index is -2.79. The van der Waals surface area contributed by atoms with Gasteiger partial charge in [-0.25, -0.2) is 8.78 Å². The summed E-state index contributed by atoms with van der Waals surface area (Å²) in [6.45, 7) is 0.314. The molecule has 0 aromatic heterocycles. The van der Waals surface area contributed by atoms with E-state index in [0.29, 0.717) is 11.6 Å². The second kappa shape index (κ2) is 6.49. The van der Waals surface area contributed by atoms with Crippen LogP contribution < -0.4 is 5.32 Å². The Hall–Kier alpha value is -2.21. The molecule has 0 atom stereocenters. The topological polar surface area (TPSA) is 55.2 Å². The fourth-order valence-corrected chi connectivity index (χ4v) is 1.93. The number of halogens is 3. The van der Waals surface area contributed by atoms with Crippen LogP contribution >= 0.6 is 11.6 Å². The molecule has 110 valence electrons. The van der Waals surface area contributed by atoms with Crippen LogP contribution in [0.4, 0.5) is 20.2 Å². The Labute approximate surface area is 124 Å². The van der Waals surface area contributed by atoms with E-state index < -0.39 is 16.9 Å². The maximum atomic E-state index is 13.0. The molecule has 2 aromatic rings. The lowest BCUT2D eigenvalue weighted by atomic mass is 10.1. The first-order valence-corrected chi connectivity index (χ1v) is 6.40. The number of anilines is 1. The Bertz CT molecular complexity index is 648. The molecular formula is C14H11ClF2N2O2. The number of alkyl halides is 2. The van der Waals surface area contributed by atoms with E-state index in [1.54, 1.807) is 24.3 Å². The first-order valence-electron chi connectivity index (χ1n) is 6.02. The van der Waals surface area contributed by atoms with Gasteiger partial charge in [-0.2, -0.15) is 0 Å². The van der Waals surface area contributed by atoms with E-state index >= 15 is 0 Å². The smallest absolute Gasteiger partial charge is 0.270 e. The Balaban J connectivity index is 2.19. The zero-order valence-corrected chi connectivity index (χ0v) is 11.5. The summed E-state index contributed by atoms with van der Waals surface area (Å²) < 4.78 is 25.9. The Kier molecular flexibility index (Phi) is 4.70. The Morgan fingerprint density at radius 3 is 2.43 bits per heavy atom.